The molecule has 1 saturated heterocycles. The van der Waals surface area contributed by atoms with Crippen LogP contribution in [0.4, 0.5) is 4.79 Å². The normalized spacial score (nSPS) is 20.8. The van der Waals surface area contributed by atoms with Gasteiger partial charge in [0.2, 0.25) is 5.91 Å². The van der Waals surface area contributed by atoms with E-state index in [0.717, 1.165) is 10.5 Å². The molecule has 0 aliphatic carbocycles. The lowest BCUT2D eigenvalue weighted by molar-refractivity contribution is -0.134. The van der Waals surface area contributed by atoms with Crippen LogP contribution in [0.25, 0.3) is 0 Å². The van der Waals surface area contributed by atoms with E-state index in [1.165, 1.54) is 0 Å². The average Bonchev–Trinajstić information content (AvgIpc) is 2.72. The molecule has 0 spiro atoms. The Morgan fingerprint density at radius 3 is 2.39 bits per heavy atom. The maximum atomic E-state index is 12.7. The van der Waals surface area contributed by atoms with Gasteiger partial charge in [-0.2, -0.15) is 0 Å². The molecule has 2 rings (SSSR count). The Morgan fingerprint density at radius 1 is 1.26 bits per heavy atom. The summed E-state index contributed by atoms with van der Waals surface area (Å²) in [4.78, 5) is 37.4. The van der Waals surface area contributed by atoms with Crippen molar-refractivity contribution in [2.75, 3.05) is 13.1 Å². The van der Waals surface area contributed by atoms with E-state index in [4.69, 9.17) is 0 Å². The Hall–Kier alpha value is -2.37. The summed E-state index contributed by atoms with van der Waals surface area (Å²) in [6.45, 7) is 7.81. The van der Waals surface area contributed by atoms with E-state index in [9.17, 15) is 14.4 Å². The summed E-state index contributed by atoms with van der Waals surface area (Å²) in [5.41, 5.74) is 0.728. The quantitative estimate of drug-likeness (QED) is 0.812. The van der Waals surface area contributed by atoms with Crippen LogP contribution in [-0.4, -0.2) is 35.8 Å². The zero-order chi connectivity index (χ0) is 17.2. The molecular formula is C17H23N3O3. The van der Waals surface area contributed by atoms with E-state index < -0.39 is 17.5 Å². The number of urea groups is 1. The van der Waals surface area contributed by atoms with Gasteiger partial charge in [0, 0.05) is 6.54 Å². The summed E-state index contributed by atoms with van der Waals surface area (Å²) in [6.07, 6.45) is 0. The average molecular weight is 317 g/mol. The van der Waals surface area contributed by atoms with Crippen LogP contribution in [0, 0.1) is 0 Å². The molecule has 1 unspecified atom stereocenters. The van der Waals surface area contributed by atoms with Crippen LogP contribution in [0.15, 0.2) is 24.3 Å². The van der Waals surface area contributed by atoms with Crippen LogP contribution in [0.1, 0.15) is 44.7 Å². The first-order valence-corrected chi connectivity index (χ1v) is 7.80. The monoisotopic (exact) mass is 317 g/mol. The number of likely N-dealkylation sites (N-methyl/N-ethyl adjacent to an activating group) is 1. The summed E-state index contributed by atoms with van der Waals surface area (Å²) in [5, 5.41) is 5.29. The second-order valence-corrected chi connectivity index (χ2v) is 6.18. The van der Waals surface area contributed by atoms with Gasteiger partial charge in [-0.1, -0.05) is 38.1 Å². The van der Waals surface area contributed by atoms with E-state index in [1.807, 2.05) is 24.3 Å². The Bertz CT molecular complexity index is 624. The Labute approximate surface area is 136 Å². The molecule has 1 heterocycles. The third-order valence-electron chi connectivity index (χ3n) is 4.11. The first-order chi connectivity index (χ1) is 10.8. The molecule has 1 aromatic rings. The van der Waals surface area contributed by atoms with Gasteiger partial charge < -0.3 is 10.6 Å². The molecule has 2 N–H and O–H groups in total. The minimum atomic E-state index is -1.14. The molecule has 6 nitrogen and oxygen atoms in total. The molecule has 1 fully saturated rings. The zero-order valence-corrected chi connectivity index (χ0v) is 14.0. The molecule has 23 heavy (non-hydrogen) atoms. The third-order valence-corrected chi connectivity index (χ3v) is 4.11. The Morgan fingerprint density at radius 2 is 1.87 bits per heavy atom. The number of benzene rings is 1. The zero-order valence-electron chi connectivity index (χ0n) is 14.0. The number of carbonyl (C=O) groups excluding carboxylic acids is 3. The van der Waals surface area contributed by atoms with Gasteiger partial charge in [-0.3, -0.25) is 14.5 Å². The van der Waals surface area contributed by atoms with Gasteiger partial charge in [0.25, 0.3) is 5.91 Å². The van der Waals surface area contributed by atoms with Crippen LogP contribution in [0.2, 0.25) is 0 Å². The van der Waals surface area contributed by atoms with Gasteiger partial charge in [0.1, 0.15) is 12.1 Å². The highest BCUT2D eigenvalue weighted by Gasteiger charge is 2.49. The van der Waals surface area contributed by atoms with Crippen molar-refractivity contribution in [3.05, 3.63) is 35.4 Å². The summed E-state index contributed by atoms with van der Waals surface area (Å²) >= 11 is 0. The molecule has 0 bridgehead atoms. The van der Waals surface area contributed by atoms with Gasteiger partial charge in [0.15, 0.2) is 0 Å². The Balaban J connectivity index is 2.23. The lowest BCUT2D eigenvalue weighted by atomic mass is 9.90. The second kappa shape index (κ2) is 6.40. The molecule has 0 radical (unpaired) electrons. The molecule has 1 aliphatic heterocycles. The number of nitrogens with zero attached hydrogens (tertiary/aromatic N) is 1. The number of nitrogens with one attached hydrogen (secondary N) is 2. The van der Waals surface area contributed by atoms with E-state index in [-0.39, 0.29) is 12.5 Å². The Kier molecular flexibility index (Phi) is 4.73. The molecule has 0 aromatic heterocycles. The van der Waals surface area contributed by atoms with Crippen LogP contribution in [0.5, 0.6) is 0 Å². The van der Waals surface area contributed by atoms with Gasteiger partial charge in [-0.15, -0.1) is 0 Å². The minimum Gasteiger partial charge on any atom is -0.355 e. The maximum absolute atomic E-state index is 12.7. The predicted molar refractivity (Wildman–Crippen MR) is 86.8 cm³/mol. The van der Waals surface area contributed by atoms with Crippen molar-refractivity contribution >= 4 is 17.8 Å². The predicted octanol–water partition coefficient (Wildman–Crippen LogP) is 1.71. The standard InChI is InChI=1S/C17H23N3O3/c1-5-18-14(21)10-20-15(22)17(4,19-16(20)23)13-8-6-12(7-9-13)11(2)3/h6-9,11H,5,10H2,1-4H3,(H,18,21)(H,19,23). The molecule has 4 amide bonds. The molecule has 6 heteroatoms. The van der Waals surface area contributed by atoms with Crippen LogP contribution >= 0.6 is 0 Å². The van der Waals surface area contributed by atoms with E-state index in [2.05, 4.69) is 24.5 Å². The number of carbonyl (C=O) groups is 3. The first kappa shape index (κ1) is 17.0. The highest BCUT2D eigenvalue weighted by atomic mass is 16.2. The second-order valence-electron chi connectivity index (χ2n) is 6.18. The maximum Gasteiger partial charge on any atom is 0.325 e. The molecule has 124 valence electrons. The van der Waals surface area contributed by atoms with Crippen molar-refractivity contribution < 1.29 is 14.4 Å². The van der Waals surface area contributed by atoms with Crippen molar-refractivity contribution in [2.45, 2.75) is 39.2 Å². The molecule has 0 saturated carbocycles. The SMILES string of the molecule is CCNC(=O)CN1C(=O)NC(C)(c2ccc(C(C)C)cc2)C1=O. The van der Waals surface area contributed by atoms with E-state index >= 15 is 0 Å². The number of hydrogen-bond acceptors (Lipinski definition) is 3. The molecule has 1 aromatic carbocycles. The summed E-state index contributed by atoms with van der Waals surface area (Å²) in [5.74, 6) is -0.374. The van der Waals surface area contributed by atoms with Crippen LogP contribution in [0.3, 0.4) is 0 Å². The fourth-order valence-electron chi connectivity index (χ4n) is 2.63. The third kappa shape index (κ3) is 3.21. The lowest BCUT2D eigenvalue weighted by Crippen LogP contribution is -2.43. The van der Waals surface area contributed by atoms with Crippen molar-refractivity contribution in [3.63, 3.8) is 0 Å². The smallest absolute Gasteiger partial charge is 0.325 e. The van der Waals surface area contributed by atoms with Gasteiger partial charge in [-0.25, -0.2) is 4.79 Å². The topological polar surface area (TPSA) is 78.5 Å². The van der Waals surface area contributed by atoms with Crippen molar-refractivity contribution in [1.29, 1.82) is 0 Å². The van der Waals surface area contributed by atoms with Crippen LogP contribution < -0.4 is 10.6 Å². The summed E-state index contributed by atoms with van der Waals surface area (Å²) < 4.78 is 0. The summed E-state index contributed by atoms with van der Waals surface area (Å²) in [6, 6.07) is 7.07. The summed E-state index contributed by atoms with van der Waals surface area (Å²) in [7, 11) is 0. The fraction of sp³-hybridized carbons (Fsp3) is 0.471. The minimum absolute atomic E-state index is 0.266. The number of hydrogen-bond donors (Lipinski definition) is 2. The number of amides is 4. The molecule has 1 atom stereocenters. The van der Waals surface area contributed by atoms with Crippen molar-refractivity contribution in [1.82, 2.24) is 15.5 Å². The van der Waals surface area contributed by atoms with E-state index in [0.29, 0.717) is 18.0 Å². The largest absolute Gasteiger partial charge is 0.355 e. The highest BCUT2D eigenvalue weighted by Crippen LogP contribution is 2.29. The van der Waals surface area contributed by atoms with Gasteiger partial charge >= 0.3 is 6.03 Å². The molecular weight excluding hydrogens is 294 g/mol. The molecule has 1 aliphatic rings. The number of rotatable bonds is 5. The van der Waals surface area contributed by atoms with E-state index in [1.54, 1.807) is 13.8 Å². The van der Waals surface area contributed by atoms with Crippen molar-refractivity contribution in [2.24, 2.45) is 0 Å². The van der Waals surface area contributed by atoms with Gasteiger partial charge in [0.05, 0.1) is 0 Å². The fourth-order valence-corrected chi connectivity index (χ4v) is 2.63. The highest BCUT2D eigenvalue weighted by molar-refractivity contribution is 6.09. The van der Waals surface area contributed by atoms with Crippen molar-refractivity contribution in [3.8, 4) is 0 Å². The van der Waals surface area contributed by atoms with Crippen LogP contribution in [-0.2, 0) is 15.1 Å². The lowest BCUT2D eigenvalue weighted by Gasteiger charge is -2.22. The van der Waals surface area contributed by atoms with Gasteiger partial charge in [-0.05, 0) is 30.9 Å². The number of imide groups is 1. The first-order valence-electron chi connectivity index (χ1n) is 7.80.